The largest absolute Gasteiger partial charge is 0.494 e. The second-order valence-corrected chi connectivity index (χ2v) is 4.73. The van der Waals surface area contributed by atoms with E-state index >= 15 is 0 Å². The maximum atomic E-state index is 8.66. The van der Waals surface area contributed by atoms with Crippen LogP contribution in [0.25, 0.3) is 0 Å². The zero-order valence-electron chi connectivity index (χ0n) is 10.0. The molecule has 0 atom stereocenters. The van der Waals surface area contributed by atoms with Crippen molar-refractivity contribution < 1.29 is 9.84 Å². The first-order chi connectivity index (χ1) is 7.76. The van der Waals surface area contributed by atoms with Crippen molar-refractivity contribution in [3.8, 4) is 5.75 Å². The molecular weight excluding hydrogens is 220 g/mol. The summed E-state index contributed by atoms with van der Waals surface area (Å²) in [6.07, 6.45) is 3.82. The molecule has 90 valence electrons. The highest BCUT2D eigenvalue weighted by atomic mass is 32.2. The van der Waals surface area contributed by atoms with Crippen LogP contribution in [0.3, 0.4) is 0 Å². The predicted octanol–water partition coefficient (Wildman–Crippen LogP) is 3.01. The fraction of sp³-hybridized carbons (Fsp3) is 0.538. The van der Waals surface area contributed by atoms with E-state index in [4.69, 9.17) is 9.84 Å². The first-order valence-corrected chi connectivity index (χ1v) is 6.99. The summed E-state index contributed by atoms with van der Waals surface area (Å²) in [6, 6.07) is 6.35. The Bertz CT molecular complexity index is 313. The Morgan fingerprint density at radius 1 is 1.25 bits per heavy atom. The van der Waals surface area contributed by atoms with Gasteiger partial charge in [-0.25, -0.2) is 0 Å². The Morgan fingerprint density at radius 2 is 2.06 bits per heavy atom. The van der Waals surface area contributed by atoms with Gasteiger partial charge < -0.3 is 9.84 Å². The molecular formula is C13H20O2S. The van der Waals surface area contributed by atoms with Gasteiger partial charge in [0.05, 0.1) is 6.61 Å². The molecule has 1 aromatic rings. The van der Waals surface area contributed by atoms with Crippen molar-refractivity contribution in [2.45, 2.75) is 25.5 Å². The van der Waals surface area contributed by atoms with Gasteiger partial charge in [-0.2, -0.15) is 11.8 Å². The second-order valence-electron chi connectivity index (χ2n) is 3.87. The fourth-order valence-corrected chi connectivity index (χ4v) is 2.06. The Hall–Kier alpha value is -0.670. The average Bonchev–Trinajstić information content (AvgIpc) is 2.24. The van der Waals surface area contributed by atoms with Crippen molar-refractivity contribution in [2.24, 2.45) is 0 Å². The van der Waals surface area contributed by atoms with Crippen molar-refractivity contribution in [3.63, 3.8) is 0 Å². The van der Waals surface area contributed by atoms with Gasteiger partial charge in [-0.1, -0.05) is 6.07 Å². The van der Waals surface area contributed by atoms with E-state index in [0.29, 0.717) is 6.61 Å². The fourth-order valence-electron chi connectivity index (χ4n) is 1.56. The molecule has 0 radical (unpaired) electrons. The smallest absolute Gasteiger partial charge is 0.119 e. The predicted molar refractivity (Wildman–Crippen MR) is 70.2 cm³/mol. The Balaban J connectivity index is 2.51. The number of benzene rings is 1. The third-order valence-corrected chi connectivity index (χ3v) is 2.86. The summed E-state index contributed by atoms with van der Waals surface area (Å²) in [5.74, 6) is 1.97. The molecule has 0 saturated heterocycles. The summed E-state index contributed by atoms with van der Waals surface area (Å²) in [4.78, 5) is 0. The minimum absolute atomic E-state index is 0.245. The van der Waals surface area contributed by atoms with E-state index in [9.17, 15) is 0 Å². The molecule has 0 saturated carbocycles. The summed E-state index contributed by atoms with van der Waals surface area (Å²) in [5, 5.41) is 8.66. The zero-order chi connectivity index (χ0) is 11.8. The molecule has 0 aliphatic heterocycles. The van der Waals surface area contributed by atoms with Gasteiger partial charge in [0, 0.05) is 12.4 Å². The molecule has 0 fully saturated rings. The van der Waals surface area contributed by atoms with E-state index in [-0.39, 0.29) is 6.61 Å². The number of aryl methyl sites for hydroxylation is 1. The molecule has 1 N–H and O–H groups in total. The highest BCUT2D eigenvalue weighted by Crippen LogP contribution is 2.20. The number of aliphatic hydroxyl groups excluding tert-OH is 1. The lowest BCUT2D eigenvalue weighted by Crippen LogP contribution is -1.99. The van der Waals surface area contributed by atoms with Crippen molar-refractivity contribution in [3.05, 3.63) is 29.3 Å². The normalized spacial score (nSPS) is 10.4. The molecule has 1 rings (SSSR count). The van der Waals surface area contributed by atoms with E-state index in [2.05, 4.69) is 31.4 Å². The van der Waals surface area contributed by atoms with Gasteiger partial charge in [-0.15, -0.1) is 0 Å². The molecule has 1 aromatic carbocycles. The summed E-state index contributed by atoms with van der Waals surface area (Å²) in [6.45, 7) is 3.02. The minimum Gasteiger partial charge on any atom is -0.494 e. The molecule has 0 aromatic heterocycles. The molecule has 0 aliphatic carbocycles. The first-order valence-electron chi connectivity index (χ1n) is 5.59. The van der Waals surface area contributed by atoms with Crippen LogP contribution in [0.15, 0.2) is 18.2 Å². The molecule has 0 amide bonds. The SMILES string of the molecule is CSCc1cc(C)cc(OCCCCO)c1. The minimum atomic E-state index is 0.245. The van der Waals surface area contributed by atoms with E-state index in [0.717, 1.165) is 24.3 Å². The maximum Gasteiger partial charge on any atom is 0.119 e. The maximum absolute atomic E-state index is 8.66. The number of unbranched alkanes of at least 4 members (excludes halogenated alkanes) is 1. The van der Waals surface area contributed by atoms with Crippen LogP contribution in [0.1, 0.15) is 24.0 Å². The van der Waals surface area contributed by atoms with Crippen LogP contribution in [0.2, 0.25) is 0 Å². The van der Waals surface area contributed by atoms with Crippen molar-refractivity contribution in [2.75, 3.05) is 19.5 Å². The van der Waals surface area contributed by atoms with Crippen LogP contribution >= 0.6 is 11.8 Å². The highest BCUT2D eigenvalue weighted by Gasteiger charge is 1.99. The van der Waals surface area contributed by atoms with Crippen LogP contribution in [0.4, 0.5) is 0 Å². The van der Waals surface area contributed by atoms with Crippen LogP contribution in [0, 0.1) is 6.92 Å². The highest BCUT2D eigenvalue weighted by molar-refractivity contribution is 7.97. The lowest BCUT2D eigenvalue weighted by atomic mass is 10.1. The van der Waals surface area contributed by atoms with Crippen molar-refractivity contribution in [1.29, 1.82) is 0 Å². The van der Waals surface area contributed by atoms with E-state index in [1.54, 1.807) is 0 Å². The number of aliphatic hydroxyl groups is 1. The number of hydrogen-bond acceptors (Lipinski definition) is 3. The Morgan fingerprint density at radius 3 is 2.75 bits per heavy atom. The van der Waals surface area contributed by atoms with Gasteiger partial charge in [0.2, 0.25) is 0 Å². The van der Waals surface area contributed by atoms with Crippen LogP contribution in [-0.4, -0.2) is 24.6 Å². The number of hydrogen-bond donors (Lipinski definition) is 1. The second kappa shape index (κ2) is 7.58. The molecule has 2 nitrogen and oxygen atoms in total. The Kier molecular flexibility index (Phi) is 6.34. The van der Waals surface area contributed by atoms with Gasteiger partial charge in [0.1, 0.15) is 5.75 Å². The molecule has 16 heavy (non-hydrogen) atoms. The van der Waals surface area contributed by atoms with Gasteiger partial charge in [-0.05, 0) is 49.3 Å². The van der Waals surface area contributed by atoms with E-state index < -0.39 is 0 Å². The van der Waals surface area contributed by atoms with Crippen LogP contribution < -0.4 is 4.74 Å². The van der Waals surface area contributed by atoms with Gasteiger partial charge in [0.25, 0.3) is 0 Å². The average molecular weight is 240 g/mol. The molecule has 0 bridgehead atoms. The van der Waals surface area contributed by atoms with Gasteiger partial charge >= 0.3 is 0 Å². The zero-order valence-corrected chi connectivity index (χ0v) is 10.8. The topological polar surface area (TPSA) is 29.5 Å². The van der Waals surface area contributed by atoms with Crippen LogP contribution in [-0.2, 0) is 5.75 Å². The molecule has 0 unspecified atom stereocenters. The quantitative estimate of drug-likeness (QED) is 0.743. The number of rotatable bonds is 7. The number of ether oxygens (including phenoxy) is 1. The Labute approximate surface area is 102 Å². The summed E-state index contributed by atoms with van der Waals surface area (Å²) in [7, 11) is 0. The van der Waals surface area contributed by atoms with Crippen molar-refractivity contribution >= 4 is 11.8 Å². The number of thioether (sulfide) groups is 1. The van der Waals surface area contributed by atoms with E-state index in [1.165, 1.54) is 11.1 Å². The lowest BCUT2D eigenvalue weighted by Gasteiger charge is -2.09. The molecule has 0 aliphatic rings. The summed E-state index contributed by atoms with van der Waals surface area (Å²) >= 11 is 1.82. The van der Waals surface area contributed by atoms with E-state index in [1.807, 2.05) is 11.8 Å². The van der Waals surface area contributed by atoms with Gasteiger partial charge in [-0.3, -0.25) is 0 Å². The third-order valence-electron chi connectivity index (χ3n) is 2.24. The standard InChI is InChI=1S/C13H20O2S/c1-11-7-12(10-16-2)9-13(8-11)15-6-4-3-5-14/h7-9,14H,3-6,10H2,1-2H3. The monoisotopic (exact) mass is 240 g/mol. The van der Waals surface area contributed by atoms with Crippen LogP contribution in [0.5, 0.6) is 5.75 Å². The summed E-state index contributed by atoms with van der Waals surface area (Å²) < 4.78 is 5.66. The first kappa shape index (κ1) is 13.4. The molecule has 0 spiro atoms. The van der Waals surface area contributed by atoms with Gasteiger partial charge in [0.15, 0.2) is 0 Å². The molecule has 0 heterocycles. The molecule has 3 heteroatoms. The third kappa shape index (κ3) is 4.90. The summed E-state index contributed by atoms with van der Waals surface area (Å²) in [5.41, 5.74) is 2.55. The van der Waals surface area contributed by atoms with Crippen molar-refractivity contribution in [1.82, 2.24) is 0 Å². The lowest BCUT2D eigenvalue weighted by molar-refractivity contribution is 0.253.